The fourth-order valence-electron chi connectivity index (χ4n) is 2.65. The highest BCUT2D eigenvalue weighted by Gasteiger charge is 2.19. The highest BCUT2D eigenvalue weighted by atomic mass is 16.5. The fraction of sp³-hybridized carbons (Fsp3) is 0.294. The van der Waals surface area contributed by atoms with E-state index in [0.29, 0.717) is 5.92 Å². The van der Waals surface area contributed by atoms with Crippen molar-refractivity contribution in [1.82, 2.24) is 0 Å². The van der Waals surface area contributed by atoms with Gasteiger partial charge in [-0.1, -0.05) is 55.5 Å². The van der Waals surface area contributed by atoms with Crippen molar-refractivity contribution in [3.63, 3.8) is 0 Å². The van der Waals surface area contributed by atoms with E-state index in [1.54, 1.807) is 0 Å². The molecule has 0 radical (unpaired) electrons. The lowest BCUT2D eigenvalue weighted by atomic mass is 9.88. The molecule has 98 valence electrons. The molecule has 2 unspecified atom stereocenters. The molecule has 0 aromatic heterocycles. The lowest BCUT2D eigenvalue weighted by Crippen LogP contribution is -2.17. The van der Waals surface area contributed by atoms with Crippen molar-refractivity contribution in [2.45, 2.75) is 32.1 Å². The minimum Gasteiger partial charge on any atom is -0.372 e. The monoisotopic (exact) mass is 253 g/mol. The van der Waals surface area contributed by atoms with Gasteiger partial charge in [-0.15, -0.1) is 0 Å². The predicted octanol–water partition coefficient (Wildman–Crippen LogP) is 3.52. The number of nitrogens with two attached hydrogens (primary N) is 1. The first kappa shape index (κ1) is 12.4. The van der Waals surface area contributed by atoms with Crippen molar-refractivity contribution in [3.05, 3.63) is 70.8 Å². The van der Waals surface area contributed by atoms with Crippen LogP contribution in [0.25, 0.3) is 0 Å². The summed E-state index contributed by atoms with van der Waals surface area (Å²) in [5.74, 6) is 0.307. The zero-order valence-corrected chi connectivity index (χ0v) is 11.2. The molecule has 0 spiro atoms. The third-order valence-electron chi connectivity index (χ3n) is 3.99. The van der Waals surface area contributed by atoms with Gasteiger partial charge >= 0.3 is 0 Å². The van der Waals surface area contributed by atoms with Gasteiger partial charge in [0.1, 0.15) is 0 Å². The molecule has 2 aromatic carbocycles. The zero-order valence-electron chi connectivity index (χ0n) is 11.2. The van der Waals surface area contributed by atoms with Crippen LogP contribution in [0.2, 0.25) is 0 Å². The Hall–Kier alpha value is -1.64. The summed E-state index contributed by atoms with van der Waals surface area (Å²) in [4.78, 5) is 0. The molecule has 1 aliphatic heterocycles. The van der Waals surface area contributed by atoms with Crippen molar-refractivity contribution >= 4 is 0 Å². The van der Waals surface area contributed by atoms with E-state index < -0.39 is 0 Å². The van der Waals surface area contributed by atoms with Gasteiger partial charge in [0.05, 0.1) is 13.2 Å². The molecule has 2 atom stereocenters. The number of ether oxygens (including phenoxy) is 1. The Morgan fingerprint density at radius 1 is 0.947 bits per heavy atom. The Morgan fingerprint density at radius 2 is 1.68 bits per heavy atom. The summed E-state index contributed by atoms with van der Waals surface area (Å²) in [6.07, 6.45) is 0. The van der Waals surface area contributed by atoms with E-state index in [9.17, 15) is 0 Å². The van der Waals surface area contributed by atoms with Gasteiger partial charge in [-0.2, -0.15) is 0 Å². The van der Waals surface area contributed by atoms with Crippen molar-refractivity contribution in [2.24, 2.45) is 5.73 Å². The Morgan fingerprint density at radius 3 is 2.47 bits per heavy atom. The van der Waals surface area contributed by atoms with Crippen LogP contribution in [0.3, 0.4) is 0 Å². The van der Waals surface area contributed by atoms with E-state index in [1.807, 2.05) is 6.07 Å². The summed E-state index contributed by atoms with van der Waals surface area (Å²) < 4.78 is 5.45. The van der Waals surface area contributed by atoms with Crippen LogP contribution in [0.1, 0.15) is 41.1 Å². The standard InChI is InChI=1S/C17H19NO/c1-12(13-5-3-2-4-6-13)17(18)14-7-8-15-10-19-11-16(15)9-14/h2-9,12,17H,10-11,18H2,1H3. The Bertz CT molecular complexity index is 565. The molecule has 2 heteroatoms. The average Bonchev–Trinajstić information content (AvgIpc) is 2.94. The van der Waals surface area contributed by atoms with Gasteiger partial charge in [0.2, 0.25) is 0 Å². The van der Waals surface area contributed by atoms with Gasteiger partial charge in [0, 0.05) is 12.0 Å². The third kappa shape index (κ3) is 2.42. The molecule has 1 heterocycles. The van der Waals surface area contributed by atoms with E-state index >= 15 is 0 Å². The average molecular weight is 253 g/mol. The predicted molar refractivity (Wildman–Crippen MR) is 76.7 cm³/mol. The van der Waals surface area contributed by atoms with Crippen LogP contribution in [0.4, 0.5) is 0 Å². The van der Waals surface area contributed by atoms with E-state index in [-0.39, 0.29) is 6.04 Å². The molecule has 0 saturated heterocycles. The number of hydrogen-bond acceptors (Lipinski definition) is 2. The normalized spacial score (nSPS) is 16.9. The molecule has 3 rings (SSSR count). The number of hydrogen-bond donors (Lipinski definition) is 1. The van der Waals surface area contributed by atoms with Crippen LogP contribution in [-0.4, -0.2) is 0 Å². The maximum Gasteiger partial charge on any atom is 0.0725 e. The summed E-state index contributed by atoms with van der Waals surface area (Å²) in [6, 6.07) is 17.0. The first-order chi connectivity index (χ1) is 9.25. The van der Waals surface area contributed by atoms with Crippen molar-refractivity contribution < 1.29 is 4.74 Å². The molecule has 0 bridgehead atoms. The highest BCUT2D eigenvalue weighted by molar-refractivity contribution is 5.36. The minimum absolute atomic E-state index is 0.0216. The first-order valence-corrected chi connectivity index (χ1v) is 6.75. The third-order valence-corrected chi connectivity index (χ3v) is 3.99. The second-order valence-corrected chi connectivity index (χ2v) is 5.25. The SMILES string of the molecule is CC(c1ccccc1)C(N)c1ccc2c(c1)COC2. The van der Waals surface area contributed by atoms with Crippen LogP contribution >= 0.6 is 0 Å². The molecule has 1 aliphatic rings. The number of fused-ring (bicyclic) bond motifs is 1. The van der Waals surface area contributed by atoms with Crippen molar-refractivity contribution in [1.29, 1.82) is 0 Å². The van der Waals surface area contributed by atoms with Crippen LogP contribution in [0.5, 0.6) is 0 Å². The van der Waals surface area contributed by atoms with Gasteiger partial charge < -0.3 is 10.5 Å². The van der Waals surface area contributed by atoms with Crippen LogP contribution < -0.4 is 5.73 Å². The minimum atomic E-state index is 0.0216. The summed E-state index contributed by atoms with van der Waals surface area (Å²) in [5.41, 5.74) is 11.5. The van der Waals surface area contributed by atoms with E-state index in [2.05, 4.69) is 49.4 Å². The van der Waals surface area contributed by atoms with Crippen molar-refractivity contribution in [3.8, 4) is 0 Å². The van der Waals surface area contributed by atoms with E-state index in [4.69, 9.17) is 10.5 Å². The lowest BCUT2D eigenvalue weighted by Gasteiger charge is -2.21. The maximum atomic E-state index is 6.42. The summed E-state index contributed by atoms with van der Waals surface area (Å²) in [7, 11) is 0. The molecule has 0 amide bonds. The Labute approximate surface area is 114 Å². The molecule has 2 N–H and O–H groups in total. The highest BCUT2D eigenvalue weighted by Crippen LogP contribution is 2.31. The number of benzene rings is 2. The molecular weight excluding hydrogens is 234 g/mol. The van der Waals surface area contributed by atoms with E-state index in [0.717, 1.165) is 13.2 Å². The Balaban J connectivity index is 1.86. The number of rotatable bonds is 3. The fourth-order valence-corrected chi connectivity index (χ4v) is 2.65. The second-order valence-electron chi connectivity index (χ2n) is 5.25. The van der Waals surface area contributed by atoms with Gasteiger partial charge in [0.15, 0.2) is 0 Å². The van der Waals surface area contributed by atoms with Gasteiger partial charge in [0.25, 0.3) is 0 Å². The maximum absolute atomic E-state index is 6.42. The molecule has 19 heavy (non-hydrogen) atoms. The second kappa shape index (κ2) is 5.16. The molecule has 0 aliphatic carbocycles. The lowest BCUT2D eigenvalue weighted by molar-refractivity contribution is 0.134. The summed E-state index contributed by atoms with van der Waals surface area (Å²) in [5, 5.41) is 0. The summed E-state index contributed by atoms with van der Waals surface area (Å²) >= 11 is 0. The smallest absolute Gasteiger partial charge is 0.0725 e. The van der Waals surface area contributed by atoms with Crippen LogP contribution in [-0.2, 0) is 18.0 Å². The molecule has 0 saturated carbocycles. The Kier molecular flexibility index (Phi) is 3.36. The van der Waals surface area contributed by atoms with E-state index in [1.165, 1.54) is 22.3 Å². The molecule has 0 fully saturated rings. The topological polar surface area (TPSA) is 35.2 Å². The zero-order chi connectivity index (χ0) is 13.2. The van der Waals surface area contributed by atoms with Gasteiger partial charge in [-0.25, -0.2) is 0 Å². The quantitative estimate of drug-likeness (QED) is 0.908. The van der Waals surface area contributed by atoms with Crippen LogP contribution in [0, 0.1) is 0 Å². The van der Waals surface area contributed by atoms with Gasteiger partial charge in [-0.3, -0.25) is 0 Å². The molecular formula is C17H19NO. The van der Waals surface area contributed by atoms with Crippen molar-refractivity contribution in [2.75, 3.05) is 0 Å². The largest absolute Gasteiger partial charge is 0.372 e. The van der Waals surface area contributed by atoms with Gasteiger partial charge in [-0.05, 0) is 22.3 Å². The summed E-state index contributed by atoms with van der Waals surface area (Å²) in [6.45, 7) is 3.64. The van der Waals surface area contributed by atoms with Crippen LogP contribution in [0.15, 0.2) is 48.5 Å². The molecule has 2 nitrogen and oxygen atoms in total. The first-order valence-electron chi connectivity index (χ1n) is 6.75. The molecule has 2 aromatic rings.